The average molecular weight is 253 g/mol. The zero-order valence-electron chi connectivity index (χ0n) is 11.8. The Morgan fingerprint density at radius 2 is 2.11 bits per heavy atom. The van der Waals surface area contributed by atoms with E-state index in [1.165, 1.54) is 4.68 Å². The van der Waals surface area contributed by atoms with Crippen molar-refractivity contribution in [2.24, 2.45) is 11.7 Å². The van der Waals surface area contributed by atoms with Crippen molar-refractivity contribution in [1.29, 1.82) is 0 Å². The molecule has 3 N–H and O–H groups in total. The van der Waals surface area contributed by atoms with Crippen LogP contribution in [0.15, 0.2) is 6.20 Å². The highest BCUT2D eigenvalue weighted by atomic mass is 16.2. The summed E-state index contributed by atoms with van der Waals surface area (Å²) < 4.78 is 1.51. The highest BCUT2D eigenvalue weighted by Gasteiger charge is 2.19. The summed E-state index contributed by atoms with van der Waals surface area (Å²) in [7, 11) is 0. The summed E-state index contributed by atoms with van der Waals surface area (Å²) in [6.45, 7) is 9.98. The summed E-state index contributed by atoms with van der Waals surface area (Å²) in [4.78, 5) is 11.8. The second kappa shape index (κ2) is 5.48. The minimum atomic E-state index is -0.542. The Morgan fingerprint density at radius 3 is 2.56 bits per heavy atom. The third-order valence-corrected chi connectivity index (χ3v) is 2.89. The molecule has 0 radical (unpaired) electrons. The molecule has 1 unspecified atom stereocenters. The molecule has 1 amide bonds. The predicted molar refractivity (Wildman–Crippen MR) is 69.7 cm³/mol. The van der Waals surface area contributed by atoms with Gasteiger partial charge in [-0.2, -0.15) is 0 Å². The van der Waals surface area contributed by atoms with E-state index in [9.17, 15) is 4.79 Å². The van der Waals surface area contributed by atoms with Gasteiger partial charge in [-0.3, -0.25) is 4.79 Å². The van der Waals surface area contributed by atoms with Crippen LogP contribution in [-0.4, -0.2) is 26.9 Å². The molecule has 0 aliphatic rings. The lowest BCUT2D eigenvalue weighted by Crippen LogP contribution is -2.38. The number of aromatic nitrogens is 3. The molecule has 0 aliphatic carbocycles. The van der Waals surface area contributed by atoms with Crippen molar-refractivity contribution < 1.29 is 4.79 Å². The van der Waals surface area contributed by atoms with Crippen LogP contribution < -0.4 is 11.1 Å². The lowest BCUT2D eigenvalue weighted by molar-refractivity contribution is -0.122. The summed E-state index contributed by atoms with van der Waals surface area (Å²) in [6, 6.07) is 0.145. The Hall–Kier alpha value is -1.43. The quantitative estimate of drug-likeness (QED) is 0.806. The van der Waals surface area contributed by atoms with E-state index >= 15 is 0 Å². The Labute approximate surface area is 108 Å². The molecule has 102 valence electrons. The van der Waals surface area contributed by atoms with Crippen LogP contribution in [0, 0.1) is 5.92 Å². The molecule has 1 heterocycles. The molecule has 6 heteroatoms. The van der Waals surface area contributed by atoms with E-state index in [1.54, 1.807) is 6.20 Å². The largest absolute Gasteiger partial charge is 0.352 e. The molecular formula is C12H23N5O. The van der Waals surface area contributed by atoms with Crippen LogP contribution in [0.25, 0.3) is 0 Å². The van der Waals surface area contributed by atoms with Gasteiger partial charge in [-0.05, 0) is 26.7 Å². The zero-order valence-corrected chi connectivity index (χ0v) is 11.8. The van der Waals surface area contributed by atoms with E-state index < -0.39 is 5.54 Å². The molecule has 1 rings (SSSR count). The first kappa shape index (κ1) is 14.6. The van der Waals surface area contributed by atoms with Crippen molar-refractivity contribution >= 4 is 5.91 Å². The smallest absolute Gasteiger partial charge is 0.242 e. The number of hydrogen-bond acceptors (Lipinski definition) is 4. The Morgan fingerprint density at radius 1 is 1.50 bits per heavy atom. The number of nitrogens with zero attached hydrogens (tertiary/aromatic N) is 3. The first-order valence-electron chi connectivity index (χ1n) is 6.19. The molecule has 0 saturated carbocycles. The molecule has 0 aliphatic heterocycles. The van der Waals surface area contributed by atoms with Crippen molar-refractivity contribution in [2.45, 2.75) is 52.7 Å². The highest BCUT2D eigenvalue weighted by Crippen LogP contribution is 2.12. The van der Waals surface area contributed by atoms with Crippen LogP contribution in [0.2, 0.25) is 0 Å². The van der Waals surface area contributed by atoms with Crippen LogP contribution in [0.3, 0.4) is 0 Å². The number of carbonyl (C=O) groups is 1. The molecule has 1 atom stereocenters. The third-order valence-electron chi connectivity index (χ3n) is 2.89. The third kappa shape index (κ3) is 4.10. The lowest BCUT2D eigenvalue weighted by Gasteiger charge is -2.17. The number of amides is 1. The van der Waals surface area contributed by atoms with Gasteiger partial charge in [-0.25, -0.2) is 4.68 Å². The molecule has 18 heavy (non-hydrogen) atoms. The van der Waals surface area contributed by atoms with Crippen LogP contribution in [0.4, 0.5) is 0 Å². The lowest BCUT2D eigenvalue weighted by atomic mass is 10.0. The van der Waals surface area contributed by atoms with E-state index in [0.717, 1.165) is 0 Å². The fourth-order valence-corrected chi connectivity index (χ4v) is 1.28. The van der Waals surface area contributed by atoms with Crippen LogP contribution in [-0.2, 0) is 16.9 Å². The molecule has 0 bridgehead atoms. The second-order valence-corrected chi connectivity index (χ2v) is 5.62. The number of nitrogens with two attached hydrogens (primary N) is 1. The van der Waals surface area contributed by atoms with Crippen molar-refractivity contribution in [1.82, 2.24) is 20.3 Å². The maximum absolute atomic E-state index is 11.8. The minimum Gasteiger partial charge on any atom is -0.352 e. The summed E-state index contributed by atoms with van der Waals surface area (Å²) in [5.41, 5.74) is 6.04. The zero-order chi connectivity index (χ0) is 13.9. The van der Waals surface area contributed by atoms with Gasteiger partial charge in [-0.15, -0.1) is 5.10 Å². The summed E-state index contributed by atoms with van der Waals surface area (Å²) in [5.74, 6) is 0.339. The van der Waals surface area contributed by atoms with Gasteiger partial charge in [0.1, 0.15) is 12.2 Å². The molecule has 0 aromatic carbocycles. The number of rotatable bonds is 5. The summed E-state index contributed by atoms with van der Waals surface area (Å²) >= 11 is 0. The van der Waals surface area contributed by atoms with E-state index in [-0.39, 0.29) is 18.5 Å². The molecule has 0 fully saturated rings. The molecule has 0 spiro atoms. The molecule has 0 saturated heterocycles. The van der Waals surface area contributed by atoms with E-state index in [4.69, 9.17) is 5.73 Å². The summed E-state index contributed by atoms with van der Waals surface area (Å²) in [5, 5.41) is 10.8. The molecule has 6 nitrogen and oxygen atoms in total. The van der Waals surface area contributed by atoms with E-state index in [1.807, 2.05) is 20.8 Å². The van der Waals surface area contributed by atoms with Crippen LogP contribution in [0.1, 0.15) is 40.3 Å². The highest BCUT2D eigenvalue weighted by molar-refractivity contribution is 5.75. The van der Waals surface area contributed by atoms with Gasteiger partial charge >= 0.3 is 0 Å². The number of hydrogen-bond donors (Lipinski definition) is 2. The van der Waals surface area contributed by atoms with Crippen LogP contribution in [0.5, 0.6) is 0 Å². The van der Waals surface area contributed by atoms with Crippen LogP contribution >= 0.6 is 0 Å². The van der Waals surface area contributed by atoms with Gasteiger partial charge in [0.15, 0.2) is 0 Å². The molecule has 1 aromatic rings. The SMILES string of the molecule is CC(C)C(C)NC(=O)Cn1cc(C(C)(C)N)nn1. The fourth-order valence-electron chi connectivity index (χ4n) is 1.28. The maximum atomic E-state index is 11.8. The maximum Gasteiger partial charge on any atom is 0.242 e. The topological polar surface area (TPSA) is 85.8 Å². The van der Waals surface area contributed by atoms with Gasteiger partial charge in [0.05, 0.1) is 11.7 Å². The van der Waals surface area contributed by atoms with Crippen molar-refractivity contribution in [2.75, 3.05) is 0 Å². The normalized spacial score (nSPS) is 13.7. The fraction of sp³-hybridized carbons (Fsp3) is 0.750. The Bertz CT molecular complexity index is 405. The standard InChI is InChI=1S/C12H23N5O/c1-8(2)9(3)14-11(18)7-17-6-10(15-16-17)12(4,5)13/h6,8-9H,7,13H2,1-5H3,(H,14,18). The van der Waals surface area contributed by atoms with Crippen molar-refractivity contribution in [3.8, 4) is 0 Å². The second-order valence-electron chi connectivity index (χ2n) is 5.62. The van der Waals surface area contributed by atoms with Crippen molar-refractivity contribution in [3.05, 3.63) is 11.9 Å². The van der Waals surface area contributed by atoms with Gasteiger partial charge in [0, 0.05) is 6.04 Å². The Balaban J connectivity index is 2.58. The molecular weight excluding hydrogens is 230 g/mol. The van der Waals surface area contributed by atoms with Gasteiger partial charge in [-0.1, -0.05) is 19.1 Å². The van der Waals surface area contributed by atoms with Gasteiger partial charge < -0.3 is 11.1 Å². The number of nitrogens with one attached hydrogen (secondary N) is 1. The average Bonchev–Trinajstić information content (AvgIpc) is 2.64. The first-order chi connectivity index (χ1) is 8.20. The molecule has 1 aromatic heterocycles. The first-order valence-corrected chi connectivity index (χ1v) is 6.19. The van der Waals surface area contributed by atoms with Gasteiger partial charge in [0.25, 0.3) is 0 Å². The Kier molecular flexibility index (Phi) is 4.45. The predicted octanol–water partition coefficient (Wildman–Crippen LogP) is 0.633. The van der Waals surface area contributed by atoms with E-state index in [2.05, 4.69) is 29.5 Å². The monoisotopic (exact) mass is 253 g/mol. The summed E-state index contributed by atoms with van der Waals surface area (Å²) in [6.07, 6.45) is 1.71. The van der Waals surface area contributed by atoms with Crippen molar-refractivity contribution in [3.63, 3.8) is 0 Å². The van der Waals surface area contributed by atoms with E-state index in [0.29, 0.717) is 11.6 Å². The minimum absolute atomic E-state index is 0.0672. The number of carbonyl (C=O) groups excluding carboxylic acids is 1. The van der Waals surface area contributed by atoms with Gasteiger partial charge in [0.2, 0.25) is 5.91 Å².